The fourth-order valence-corrected chi connectivity index (χ4v) is 2.17. The molecule has 2 atom stereocenters. The van der Waals surface area contributed by atoms with Gasteiger partial charge in [-0.15, -0.1) is 0 Å². The Morgan fingerprint density at radius 3 is 2.93 bits per heavy atom. The molecule has 0 saturated carbocycles. The van der Waals surface area contributed by atoms with E-state index >= 15 is 0 Å². The fourth-order valence-electron chi connectivity index (χ4n) is 2.17. The van der Waals surface area contributed by atoms with Crippen molar-refractivity contribution in [1.29, 1.82) is 0 Å². The largest absolute Gasteiger partial charge is 0.328 e. The van der Waals surface area contributed by atoms with Gasteiger partial charge in [-0.25, -0.2) is 0 Å². The third-order valence-corrected chi connectivity index (χ3v) is 3.11. The summed E-state index contributed by atoms with van der Waals surface area (Å²) in [6, 6.07) is 2.86. The van der Waals surface area contributed by atoms with E-state index in [0.717, 1.165) is 19.4 Å². The second-order valence-corrected chi connectivity index (χ2v) is 4.16. The van der Waals surface area contributed by atoms with Gasteiger partial charge in [0.05, 0.1) is 11.7 Å². The van der Waals surface area contributed by atoms with Crippen molar-refractivity contribution in [2.75, 3.05) is 13.6 Å². The molecular formula is C10H18N4. The smallest absolute Gasteiger partial charge is 0.0552 e. The van der Waals surface area contributed by atoms with E-state index in [1.54, 1.807) is 0 Å². The molecule has 1 aromatic rings. The molecule has 1 aliphatic heterocycles. The van der Waals surface area contributed by atoms with E-state index in [-0.39, 0.29) is 0 Å². The first-order valence-corrected chi connectivity index (χ1v) is 5.12. The number of aromatic nitrogens is 2. The molecule has 0 spiro atoms. The van der Waals surface area contributed by atoms with Gasteiger partial charge in [-0.3, -0.25) is 9.58 Å². The lowest BCUT2D eigenvalue weighted by atomic mass is 9.96. The van der Waals surface area contributed by atoms with E-state index in [2.05, 4.69) is 23.1 Å². The molecule has 1 aliphatic rings. The molecule has 0 aromatic carbocycles. The minimum Gasteiger partial charge on any atom is -0.328 e. The van der Waals surface area contributed by atoms with Gasteiger partial charge in [0.25, 0.3) is 0 Å². The molecule has 4 heteroatoms. The van der Waals surface area contributed by atoms with Gasteiger partial charge in [0, 0.05) is 19.3 Å². The molecule has 1 saturated heterocycles. The molecule has 0 bridgehead atoms. The van der Waals surface area contributed by atoms with Gasteiger partial charge in [-0.1, -0.05) is 0 Å². The van der Waals surface area contributed by atoms with Gasteiger partial charge in [-0.2, -0.15) is 5.10 Å². The van der Waals surface area contributed by atoms with Crippen LogP contribution in [0.4, 0.5) is 0 Å². The zero-order chi connectivity index (χ0) is 10.1. The highest BCUT2D eigenvalue weighted by Gasteiger charge is 2.26. The Kier molecular flexibility index (Phi) is 2.56. The number of aryl methyl sites for hydroxylation is 1. The van der Waals surface area contributed by atoms with Crippen LogP contribution in [0.5, 0.6) is 0 Å². The standard InChI is InChI=1S/C10H18N4/c1-13-6-4-8(11)7-10(13)9-3-5-12-14(9)2/h3,5,8,10H,4,6-7,11H2,1-2H3. The lowest BCUT2D eigenvalue weighted by Crippen LogP contribution is -2.40. The topological polar surface area (TPSA) is 47.1 Å². The van der Waals surface area contributed by atoms with Crippen molar-refractivity contribution in [3.63, 3.8) is 0 Å². The molecule has 4 nitrogen and oxygen atoms in total. The number of hydrogen-bond acceptors (Lipinski definition) is 3. The lowest BCUT2D eigenvalue weighted by Gasteiger charge is -2.35. The molecular weight excluding hydrogens is 176 g/mol. The van der Waals surface area contributed by atoms with Crippen molar-refractivity contribution in [3.05, 3.63) is 18.0 Å². The summed E-state index contributed by atoms with van der Waals surface area (Å²) in [5.74, 6) is 0. The minimum absolute atomic E-state index is 0.339. The second-order valence-electron chi connectivity index (χ2n) is 4.16. The maximum absolute atomic E-state index is 5.99. The first-order valence-electron chi connectivity index (χ1n) is 5.12. The number of piperidine rings is 1. The second kappa shape index (κ2) is 3.71. The number of nitrogens with zero attached hydrogens (tertiary/aromatic N) is 3. The van der Waals surface area contributed by atoms with Gasteiger partial charge in [0.15, 0.2) is 0 Å². The third-order valence-electron chi connectivity index (χ3n) is 3.11. The number of rotatable bonds is 1. The Bertz CT molecular complexity index is 307. The van der Waals surface area contributed by atoms with Crippen LogP contribution >= 0.6 is 0 Å². The van der Waals surface area contributed by atoms with Gasteiger partial charge < -0.3 is 5.73 Å². The summed E-state index contributed by atoms with van der Waals surface area (Å²) in [6.45, 7) is 1.08. The van der Waals surface area contributed by atoms with E-state index in [1.165, 1.54) is 5.69 Å². The Labute approximate surface area is 84.7 Å². The van der Waals surface area contributed by atoms with Crippen LogP contribution in [0.3, 0.4) is 0 Å². The molecule has 0 aliphatic carbocycles. The average Bonchev–Trinajstić information content (AvgIpc) is 2.56. The highest BCUT2D eigenvalue weighted by molar-refractivity contribution is 5.08. The van der Waals surface area contributed by atoms with E-state index in [0.29, 0.717) is 12.1 Å². The average molecular weight is 194 g/mol. The molecule has 2 heterocycles. The van der Waals surface area contributed by atoms with Crippen molar-refractivity contribution in [2.45, 2.75) is 24.9 Å². The number of hydrogen-bond donors (Lipinski definition) is 1. The summed E-state index contributed by atoms with van der Waals surface area (Å²) >= 11 is 0. The molecule has 0 amide bonds. The van der Waals surface area contributed by atoms with E-state index in [9.17, 15) is 0 Å². The molecule has 14 heavy (non-hydrogen) atoms. The van der Waals surface area contributed by atoms with E-state index < -0.39 is 0 Å². The van der Waals surface area contributed by atoms with Crippen LogP contribution < -0.4 is 5.73 Å². The summed E-state index contributed by atoms with van der Waals surface area (Å²) in [6.07, 6.45) is 3.99. The molecule has 0 radical (unpaired) electrons. The Morgan fingerprint density at radius 2 is 2.29 bits per heavy atom. The Morgan fingerprint density at radius 1 is 1.50 bits per heavy atom. The zero-order valence-electron chi connectivity index (χ0n) is 8.85. The molecule has 2 N–H and O–H groups in total. The quantitative estimate of drug-likeness (QED) is 0.708. The van der Waals surface area contributed by atoms with Gasteiger partial charge in [0.1, 0.15) is 0 Å². The summed E-state index contributed by atoms with van der Waals surface area (Å²) in [7, 11) is 4.15. The minimum atomic E-state index is 0.339. The highest BCUT2D eigenvalue weighted by atomic mass is 15.3. The predicted octanol–water partition coefficient (Wildman–Crippen LogP) is 0.514. The maximum Gasteiger partial charge on any atom is 0.0552 e. The van der Waals surface area contributed by atoms with Crippen LogP contribution in [-0.4, -0.2) is 34.3 Å². The summed E-state index contributed by atoms with van der Waals surface area (Å²) in [4.78, 5) is 2.36. The van der Waals surface area contributed by atoms with Crippen molar-refractivity contribution >= 4 is 0 Å². The maximum atomic E-state index is 5.99. The molecule has 2 rings (SSSR count). The Balaban J connectivity index is 2.20. The van der Waals surface area contributed by atoms with E-state index in [1.807, 2.05) is 17.9 Å². The first kappa shape index (κ1) is 9.68. The van der Waals surface area contributed by atoms with Crippen molar-refractivity contribution < 1.29 is 0 Å². The van der Waals surface area contributed by atoms with Crippen LogP contribution in [0.25, 0.3) is 0 Å². The first-order chi connectivity index (χ1) is 6.68. The fraction of sp³-hybridized carbons (Fsp3) is 0.700. The molecule has 1 aromatic heterocycles. The van der Waals surface area contributed by atoms with Crippen molar-refractivity contribution in [2.24, 2.45) is 12.8 Å². The summed E-state index contributed by atoms with van der Waals surface area (Å²) in [5, 5.41) is 4.20. The van der Waals surface area contributed by atoms with Gasteiger partial charge >= 0.3 is 0 Å². The number of likely N-dealkylation sites (tertiary alicyclic amines) is 1. The van der Waals surface area contributed by atoms with Crippen molar-refractivity contribution in [1.82, 2.24) is 14.7 Å². The number of nitrogens with two attached hydrogens (primary N) is 1. The van der Waals surface area contributed by atoms with Crippen LogP contribution in [0.2, 0.25) is 0 Å². The van der Waals surface area contributed by atoms with Gasteiger partial charge in [0.2, 0.25) is 0 Å². The Hall–Kier alpha value is -0.870. The van der Waals surface area contributed by atoms with E-state index in [4.69, 9.17) is 5.73 Å². The summed E-state index contributed by atoms with van der Waals surface area (Å²) in [5.41, 5.74) is 7.25. The SMILES string of the molecule is CN1CCC(N)CC1c1ccnn1C. The highest BCUT2D eigenvalue weighted by Crippen LogP contribution is 2.28. The van der Waals surface area contributed by atoms with Gasteiger partial charge in [-0.05, 0) is 32.5 Å². The molecule has 2 unspecified atom stereocenters. The molecule has 78 valence electrons. The molecule has 1 fully saturated rings. The predicted molar refractivity (Wildman–Crippen MR) is 55.8 cm³/mol. The lowest BCUT2D eigenvalue weighted by molar-refractivity contribution is 0.164. The third kappa shape index (κ3) is 1.67. The monoisotopic (exact) mass is 194 g/mol. The van der Waals surface area contributed by atoms with Crippen LogP contribution in [-0.2, 0) is 7.05 Å². The van der Waals surface area contributed by atoms with Crippen LogP contribution in [0, 0.1) is 0 Å². The van der Waals surface area contributed by atoms with Crippen molar-refractivity contribution in [3.8, 4) is 0 Å². The van der Waals surface area contributed by atoms with Crippen LogP contribution in [0.1, 0.15) is 24.6 Å². The summed E-state index contributed by atoms with van der Waals surface area (Å²) < 4.78 is 1.94. The van der Waals surface area contributed by atoms with Crippen LogP contribution in [0.15, 0.2) is 12.3 Å². The normalized spacial score (nSPS) is 29.4. The zero-order valence-corrected chi connectivity index (χ0v) is 8.85.